The quantitative estimate of drug-likeness (QED) is 0.854. The number of aryl methyl sites for hydroxylation is 2. The third kappa shape index (κ3) is 3.07. The number of aliphatic carboxylic acids is 1. The van der Waals surface area contributed by atoms with Gasteiger partial charge in [0.25, 0.3) is 0 Å². The van der Waals surface area contributed by atoms with Crippen LogP contribution in [0.25, 0.3) is 11.6 Å². The molecule has 0 unspecified atom stereocenters. The first-order valence-corrected chi connectivity index (χ1v) is 6.00. The number of carboxylic acids is 1. The van der Waals surface area contributed by atoms with Crippen LogP contribution in [-0.2, 0) is 4.79 Å². The lowest BCUT2D eigenvalue weighted by molar-refractivity contribution is -0.130. The molecule has 0 bridgehead atoms. The lowest BCUT2D eigenvalue weighted by Gasteiger charge is -2.08. The van der Waals surface area contributed by atoms with Crippen molar-refractivity contribution in [2.24, 2.45) is 0 Å². The molecule has 0 aliphatic rings. The lowest BCUT2D eigenvalue weighted by Crippen LogP contribution is -2.01. The molecule has 1 heterocycles. The van der Waals surface area contributed by atoms with Gasteiger partial charge in [0.2, 0.25) is 0 Å². The molecule has 0 amide bonds. The van der Waals surface area contributed by atoms with Gasteiger partial charge in [0, 0.05) is 12.4 Å². The highest BCUT2D eigenvalue weighted by Crippen LogP contribution is 2.22. The standard InChI is InChI=1S/C16H15NO2/c1-11-3-4-14(12(2)9-11)15(16(18)19)10-13-5-7-17-8-6-13/h3-10H,1-2H3,(H,18,19)/b15-10-. The highest BCUT2D eigenvalue weighted by Gasteiger charge is 2.12. The van der Waals surface area contributed by atoms with Crippen molar-refractivity contribution in [3.8, 4) is 0 Å². The minimum atomic E-state index is -0.927. The van der Waals surface area contributed by atoms with Gasteiger partial charge in [-0.25, -0.2) is 4.79 Å². The maximum atomic E-state index is 11.5. The van der Waals surface area contributed by atoms with Crippen LogP contribution in [0.5, 0.6) is 0 Å². The molecule has 96 valence electrons. The number of rotatable bonds is 3. The smallest absolute Gasteiger partial charge is 0.336 e. The molecule has 1 N–H and O–H groups in total. The minimum absolute atomic E-state index is 0.295. The van der Waals surface area contributed by atoms with E-state index in [0.717, 1.165) is 22.3 Å². The van der Waals surface area contributed by atoms with Gasteiger partial charge in [0.05, 0.1) is 5.57 Å². The van der Waals surface area contributed by atoms with Gasteiger partial charge in [-0.3, -0.25) is 4.98 Å². The van der Waals surface area contributed by atoms with Crippen LogP contribution in [-0.4, -0.2) is 16.1 Å². The first kappa shape index (κ1) is 13.0. The molecule has 3 heteroatoms. The van der Waals surface area contributed by atoms with Crippen LogP contribution in [0.4, 0.5) is 0 Å². The summed E-state index contributed by atoms with van der Waals surface area (Å²) >= 11 is 0. The monoisotopic (exact) mass is 253 g/mol. The Hall–Kier alpha value is -2.42. The van der Waals surface area contributed by atoms with Crippen LogP contribution >= 0.6 is 0 Å². The summed E-state index contributed by atoms with van der Waals surface area (Å²) in [6.07, 6.45) is 4.96. The molecule has 2 aromatic rings. The van der Waals surface area contributed by atoms with E-state index in [2.05, 4.69) is 4.98 Å². The summed E-state index contributed by atoms with van der Waals surface area (Å²) in [6.45, 7) is 3.91. The van der Waals surface area contributed by atoms with Gasteiger partial charge < -0.3 is 5.11 Å². The number of aromatic nitrogens is 1. The fourth-order valence-corrected chi connectivity index (χ4v) is 2.00. The predicted octanol–water partition coefficient (Wildman–Crippen LogP) is 3.32. The molecule has 0 fully saturated rings. The molecule has 1 aromatic heterocycles. The van der Waals surface area contributed by atoms with Gasteiger partial charge in [-0.05, 0) is 48.7 Å². The number of hydrogen-bond acceptors (Lipinski definition) is 2. The van der Waals surface area contributed by atoms with Crippen LogP contribution in [0.2, 0.25) is 0 Å². The van der Waals surface area contributed by atoms with Crippen molar-refractivity contribution in [2.45, 2.75) is 13.8 Å². The normalized spacial score (nSPS) is 11.4. The van der Waals surface area contributed by atoms with E-state index in [-0.39, 0.29) is 0 Å². The average Bonchev–Trinajstić information content (AvgIpc) is 2.38. The number of benzene rings is 1. The molecule has 0 atom stereocenters. The Balaban J connectivity index is 2.52. The van der Waals surface area contributed by atoms with Gasteiger partial charge in [-0.2, -0.15) is 0 Å². The lowest BCUT2D eigenvalue weighted by atomic mass is 9.97. The maximum Gasteiger partial charge on any atom is 0.336 e. The molecule has 0 spiro atoms. The fraction of sp³-hybridized carbons (Fsp3) is 0.125. The number of nitrogens with zero attached hydrogens (tertiary/aromatic N) is 1. The molecule has 3 nitrogen and oxygen atoms in total. The first-order valence-electron chi connectivity index (χ1n) is 6.00. The second kappa shape index (κ2) is 5.48. The molecule has 19 heavy (non-hydrogen) atoms. The number of pyridine rings is 1. The summed E-state index contributed by atoms with van der Waals surface area (Å²) in [7, 11) is 0. The highest BCUT2D eigenvalue weighted by molar-refractivity contribution is 6.21. The third-order valence-corrected chi connectivity index (χ3v) is 2.92. The molecule has 0 saturated heterocycles. The Labute approximate surface area is 112 Å². The van der Waals surface area contributed by atoms with Crippen LogP contribution < -0.4 is 0 Å². The Kier molecular flexibility index (Phi) is 3.76. The molecular weight excluding hydrogens is 238 g/mol. The SMILES string of the molecule is Cc1ccc(/C(=C/c2ccncc2)C(=O)O)c(C)c1. The number of hydrogen-bond donors (Lipinski definition) is 1. The second-order valence-corrected chi connectivity index (χ2v) is 4.46. The van der Waals surface area contributed by atoms with Crippen molar-refractivity contribution in [3.63, 3.8) is 0 Å². The third-order valence-electron chi connectivity index (χ3n) is 2.92. The summed E-state index contributed by atoms with van der Waals surface area (Å²) in [5, 5.41) is 9.40. The van der Waals surface area contributed by atoms with Crippen molar-refractivity contribution >= 4 is 17.6 Å². The zero-order valence-electron chi connectivity index (χ0n) is 10.9. The van der Waals surface area contributed by atoms with E-state index in [4.69, 9.17) is 0 Å². The van der Waals surface area contributed by atoms with E-state index < -0.39 is 5.97 Å². The zero-order chi connectivity index (χ0) is 13.8. The second-order valence-electron chi connectivity index (χ2n) is 4.46. The van der Waals surface area contributed by atoms with Crippen molar-refractivity contribution in [1.29, 1.82) is 0 Å². The average molecular weight is 253 g/mol. The topological polar surface area (TPSA) is 50.2 Å². The first-order chi connectivity index (χ1) is 9.08. The van der Waals surface area contributed by atoms with E-state index >= 15 is 0 Å². The Morgan fingerprint density at radius 2 is 1.84 bits per heavy atom. The van der Waals surface area contributed by atoms with Crippen LogP contribution in [0, 0.1) is 13.8 Å². The summed E-state index contributed by atoms with van der Waals surface area (Å²) < 4.78 is 0. The number of carboxylic acid groups (broad SMARTS) is 1. The summed E-state index contributed by atoms with van der Waals surface area (Å²) in [4.78, 5) is 15.4. The van der Waals surface area contributed by atoms with Gasteiger partial charge in [-0.15, -0.1) is 0 Å². The number of carbonyl (C=O) groups is 1. The van der Waals surface area contributed by atoms with Gasteiger partial charge in [0.1, 0.15) is 0 Å². The molecule has 0 aliphatic carbocycles. The molecule has 1 aromatic carbocycles. The Bertz CT molecular complexity index is 630. The summed E-state index contributed by atoms with van der Waals surface area (Å²) in [5.74, 6) is -0.927. The van der Waals surface area contributed by atoms with E-state index in [9.17, 15) is 9.90 Å². The largest absolute Gasteiger partial charge is 0.478 e. The maximum absolute atomic E-state index is 11.5. The van der Waals surface area contributed by atoms with Gasteiger partial charge >= 0.3 is 5.97 Å². The summed E-state index contributed by atoms with van der Waals surface area (Å²) in [6, 6.07) is 9.33. The van der Waals surface area contributed by atoms with Crippen LogP contribution in [0.3, 0.4) is 0 Å². The van der Waals surface area contributed by atoms with Crippen LogP contribution in [0.1, 0.15) is 22.3 Å². The Morgan fingerprint density at radius 3 is 2.42 bits per heavy atom. The molecule has 0 aliphatic heterocycles. The molecule has 0 radical (unpaired) electrons. The van der Waals surface area contributed by atoms with E-state index in [1.807, 2.05) is 32.0 Å². The summed E-state index contributed by atoms with van der Waals surface area (Å²) in [5.41, 5.74) is 3.95. The highest BCUT2D eigenvalue weighted by atomic mass is 16.4. The fourth-order valence-electron chi connectivity index (χ4n) is 2.00. The Morgan fingerprint density at radius 1 is 1.16 bits per heavy atom. The molecule has 2 rings (SSSR count). The van der Waals surface area contributed by atoms with E-state index in [0.29, 0.717) is 5.57 Å². The van der Waals surface area contributed by atoms with Crippen molar-refractivity contribution in [1.82, 2.24) is 4.98 Å². The minimum Gasteiger partial charge on any atom is -0.478 e. The van der Waals surface area contributed by atoms with E-state index in [1.54, 1.807) is 30.6 Å². The van der Waals surface area contributed by atoms with Crippen molar-refractivity contribution < 1.29 is 9.90 Å². The predicted molar refractivity (Wildman–Crippen MR) is 75.7 cm³/mol. The van der Waals surface area contributed by atoms with Crippen LogP contribution in [0.15, 0.2) is 42.7 Å². The molecule has 0 saturated carbocycles. The molecular formula is C16H15NO2. The van der Waals surface area contributed by atoms with Gasteiger partial charge in [-0.1, -0.05) is 23.8 Å². The van der Waals surface area contributed by atoms with Gasteiger partial charge in [0.15, 0.2) is 0 Å². The van der Waals surface area contributed by atoms with E-state index in [1.165, 1.54) is 0 Å². The van der Waals surface area contributed by atoms with Crippen molar-refractivity contribution in [2.75, 3.05) is 0 Å². The zero-order valence-corrected chi connectivity index (χ0v) is 10.9. The van der Waals surface area contributed by atoms with Crippen molar-refractivity contribution in [3.05, 3.63) is 65.0 Å².